The molecule has 4 amide bonds. The van der Waals surface area contributed by atoms with Gasteiger partial charge in [-0.15, -0.1) is 0 Å². The molecule has 0 radical (unpaired) electrons. The van der Waals surface area contributed by atoms with Gasteiger partial charge in [0.25, 0.3) is 5.91 Å². The van der Waals surface area contributed by atoms with E-state index in [4.69, 9.17) is 0 Å². The molecule has 1 aromatic carbocycles. The van der Waals surface area contributed by atoms with Crippen LogP contribution >= 0.6 is 0 Å². The number of urea groups is 1. The molecule has 27 heavy (non-hydrogen) atoms. The van der Waals surface area contributed by atoms with Gasteiger partial charge in [-0.2, -0.15) is 5.10 Å². The molecule has 1 saturated heterocycles. The second-order valence-corrected chi connectivity index (χ2v) is 6.45. The zero-order chi connectivity index (χ0) is 19.6. The first-order valence-corrected chi connectivity index (χ1v) is 8.58. The third kappa shape index (κ3) is 3.81. The lowest BCUT2D eigenvalue weighted by Gasteiger charge is -2.14. The Morgan fingerprint density at radius 1 is 1.30 bits per heavy atom. The highest BCUT2D eigenvalue weighted by atomic mass is 19.1. The highest BCUT2D eigenvalue weighted by Gasteiger charge is 2.28. The number of carbonyl (C=O) groups excluding carboxylic acids is 3. The molecule has 1 aliphatic rings. The molecule has 0 saturated carbocycles. The summed E-state index contributed by atoms with van der Waals surface area (Å²) >= 11 is 0. The second kappa shape index (κ2) is 7.56. The average molecular weight is 373 g/mol. The summed E-state index contributed by atoms with van der Waals surface area (Å²) in [6, 6.07) is 5.39. The Labute approximate surface area is 155 Å². The third-order valence-corrected chi connectivity index (χ3v) is 4.23. The van der Waals surface area contributed by atoms with Crippen LogP contribution in [0.15, 0.2) is 30.5 Å². The number of hydrogen-bond donors (Lipinski definition) is 2. The SMILES string of the molecule is CC(C)c1c(C(=O)NCCN2C(=O)CNC2=O)cnn1-c1ccc(F)cc1. The second-order valence-electron chi connectivity index (χ2n) is 6.45. The smallest absolute Gasteiger partial charge is 0.324 e. The monoisotopic (exact) mass is 373 g/mol. The largest absolute Gasteiger partial charge is 0.350 e. The van der Waals surface area contributed by atoms with Gasteiger partial charge in [0.05, 0.1) is 29.7 Å². The lowest BCUT2D eigenvalue weighted by Crippen LogP contribution is -2.38. The molecule has 8 nitrogen and oxygen atoms in total. The van der Waals surface area contributed by atoms with Gasteiger partial charge in [-0.3, -0.25) is 14.5 Å². The first kappa shape index (κ1) is 18.6. The van der Waals surface area contributed by atoms with Crippen LogP contribution in [-0.2, 0) is 4.79 Å². The number of aromatic nitrogens is 2. The Balaban J connectivity index is 1.74. The topological polar surface area (TPSA) is 96.3 Å². The van der Waals surface area contributed by atoms with Crippen molar-refractivity contribution in [1.29, 1.82) is 0 Å². The van der Waals surface area contributed by atoms with Gasteiger partial charge >= 0.3 is 6.03 Å². The molecule has 2 heterocycles. The molecule has 0 aliphatic carbocycles. The highest BCUT2D eigenvalue weighted by Crippen LogP contribution is 2.23. The summed E-state index contributed by atoms with van der Waals surface area (Å²) in [5.41, 5.74) is 1.74. The normalized spacial score (nSPS) is 14.0. The molecular weight excluding hydrogens is 353 g/mol. The molecule has 0 unspecified atom stereocenters. The van der Waals surface area contributed by atoms with Crippen LogP contribution in [0, 0.1) is 5.82 Å². The van der Waals surface area contributed by atoms with Crippen molar-refractivity contribution >= 4 is 17.8 Å². The standard InChI is InChI=1S/C18H20FN5O3/c1-11(2)16-14(9-22-24(16)13-5-3-12(19)4-6-13)17(26)20-7-8-23-15(25)10-21-18(23)27/h3-6,9,11H,7-8,10H2,1-2H3,(H,20,26)(H,21,27). The zero-order valence-corrected chi connectivity index (χ0v) is 15.0. The number of halogens is 1. The van der Waals surface area contributed by atoms with E-state index in [-0.39, 0.29) is 43.2 Å². The van der Waals surface area contributed by atoms with Crippen LogP contribution in [-0.4, -0.2) is 52.2 Å². The lowest BCUT2D eigenvalue weighted by molar-refractivity contribution is -0.124. The van der Waals surface area contributed by atoms with E-state index in [2.05, 4.69) is 15.7 Å². The van der Waals surface area contributed by atoms with Crippen molar-refractivity contribution in [1.82, 2.24) is 25.3 Å². The predicted octanol–water partition coefficient (Wildman–Crippen LogP) is 1.42. The van der Waals surface area contributed by atoms with Gasteiger partial charge in [-0.25, -0.2) is 13.9 Å². The van der Waals surface area contributed by atoms with Crippen LogP contribution in [0.3, 0.4) is 0 Å². The minimum Gasteiger partial charge on any atom is -0.350 e. The number of nitrogens with zero attached hydrogens (tertiary/aromatic N) is 3. The van der Waals surface area contributed by atoms with Crippen molar-refractivity contribution in [2.45, 2.75) is 19.8 Å². The highest BCUT2D eigenvalue weighted by molar-refractivity contribution is 6.02. The van der Waals surface area contributed by atoms with Crippen LogP contribution in [0.2, 0.25) is 0 Å². The molecule has 2 N–H and O–H groups in total. The van der Waals surface area contributed by atoms with Crippen LogP contribution in [0.4, 0.5) is 9.18 Å². The van der Waals surface area contributed by atoms with E-state index in [1.807, 2.05) is 13.8 Å². The predicted molar refractivity (Wildman–Crippen MR) is 95.1 cm³/mol. The first-order valence-electron chi connectivity index (χ1n) is 8.58. The van der Waals surface area contributed by atoms with Gasteiger partial charge in [0.2, 0.25) is 5.91 Å². The maximum absolute atomic E-state index is 13.2. The number of benzene rings is 1. The molecule has 3 rings (SSSR count). The molecule has 2 aromatic rings. The van der Waals surface area contributed by atoms with Gasteiger partial charge in [0.15, 0.2) is 0 Å². The molecule has 1 aromatic heterocycles. The zero-order valence-electron chi connectivity index (χ0n) is 15.0. The van der Waals surface area contributed by atoms with Gasteiger partial charge in [-0.05, 0) is 30.2 Å². The number of carbonyl (C=O) groups is 3. The van der Waals surface area contributed by atoms with E-state index in [1.165, 1.54) is 18.3 Å². The molecule has 0 bridgehead atoms. The van der Waals surface area contributed by atoms with Gasteiger partial charge in [0.1, 0.15) is 5.82 Å². The summed E-state index contributed by atoms with van der Waals surface area (Å²) in [6.45, 7) is 4.08. The summed E-state index contributed by atoms with van der Waals surface area (Å²) < 4.78 is 14.8. The van der Waals surface area contributed by atoms with E-state index < -0.39 is 6.03 Å². The Hall–Kier alpha value is -3.23. The number of rotatable bonds is 6. The minimum absolute atomic E-state index is 0.00996. The molecule has 0 atom stereocenters. The number of amides is 4. The number of hydrogen-bond acceptors (Lipinski definition) is 4. The Morgan fingerprint density at radius 2 is 2.00 bits per heavy atom. The maximum atomic E-state index is 13.2. The summed E-state index contributed by atoms with van der Waals surface area (Å²) in [6.07, 6.45) is 1.46. The number of imide groups is 1. The summed E-state index contributed by atoms with van der Waals surface area (Å²) in [5.74, 6) is -1.03. The van der Waals surface area contributed by atoms with Crippen molar-refractivity contribution in [3.8, 4) is 5.69 Å². The summed E-state index contributed by atoms with van der Waals surface area (Å²) in [5, 5.41) is 9.41. The van der Waals surface area contributed by atoms with Crippen molar-refractivity contribution < 1.29 is 18.8 Å². The minimum atomic E-state index is -0.457. The molecule has 142 valence electrons. The van der Waals surface area contributed by atoms with Crippen LogP contribution in [0.5, 0.6) is 0 Å². The Morgan fingerprint density at radius 3 is 2.59 bits per heavy atom. The Bertz CT molecular complexity index is 860. The van der Waals surface area contributed by atoms with E-state index in [0.29, 0.717) is 16.9 Å². The molecule has 0 spiro atoms. The van der Waals surface area contributed by atoms with E-state index in [9.17, 15) is 18.8 Å². The quantitative estimate of drug-likeness (QED) is 0.749. The average Bonchev–Trinajstić information content (AvgIpc) is 3.21. The summed E-state index contributed by atoms with van der Waals surface area (Å²) in [4.78, 5) is 36.7. The van der Waals surface area contributed by atoms with E-state index in [1.54, 1.807) is 16.8 Å². The first-order chi connectivity index (χ1) is 12.9. The maximum Gasteiger partial charge on any atom is 0.324 e. The molecular formula is C18H20FN5O3. The van der Waals surface area contributed by atoms with Gasteiger partial charge < -0.3 is 10.6 Å². The molecule has 1 fully saturated rings. The molecule has 9 heteroatoms. The lowest BCUT2D eigenvalue weighted by atomic mass is 10.1. The van der Waals surface area contributed by atoms with Crippen LogP contribution < -0.4 is 10.6 Å². The Kier molecular flexibility index (Phi) is 5.20. The van der Waals surface area contributed by atoms with Gasteiger partial charge in [-0.1, -0.05) is 13.8 Å². The van der Waals surface area contributed by atoms with Crippen LogP contribution in [0.25, 0.3) is 5.69 Å². The fraction of sp³-hybridized carbons (Fsp3) is 0.333. The van der Waals surface area contributed by atoms with E-state index >= 15 is 0 Å². The fourth-order valence-corrected chi connectivity index (χ4v) is 2.93. The summed E-state index contributed by atoms with van der Waals surface area (Å²) in [7, 11) is 0. The third-order valence-electron chi connectivity index (χ3n) is 4.23. The van der Waals surface area contributed by atoms with Crippen LogP contribution in [0.1, 0.15) is 35.8 Å². The van der Waals surface area contributed by atoms with Crippen molar-refractivity contribution in [3.05, 3.63) is 47.5 Å². The van der Waals surface area contributed by atoms with Crippen molar-refractivity contribution in [3.63, 3.8) is 0 Å². The van der Waals surface area contributed by atoms with E-state index in [0.717, 1.165) is 4.90 Å². The number of nitrogens with one attached hydrogen (secondary N) is 2. The molecule has 1 aliphatic heterocycles. The van der Waals surface area contributed by atoms with Crippen molar-refractivity contribution in [2.24, 2.45) is 0 Å². The van der Waals surface area contributed by atoms with Crippen molar-refractivity contribution in [2.75, 3.05) is 19.6 Å². The fourth-order valence-electron chi connectivity index (χ4n) is 2.93. The van der Waals surface area contributed by atoms with Gasteiger partial charge in [0, 0.05) is 13.1 Å².